The Hall–Kier alpha value is -1.75. The van der Waals surface area contributed by atoms with E-state index in [9.17, 15) is 4.79 Å². The number of para-hydroxylation sites is 1. The topological polar surface area (TPSA) is 61.8 Å². The second-order valence-corrected chi connectivity index (χ2v) is 4.26. The van der Waals surface area contributed by atoms with Crippen LogP contribution >= 0.6 is 0 Å². The third kappa shape index (κ3) is 5.18. The molecule has 0 aliphatic heterocycles. The van der Waals surface area contributed by atoms with Gasteiger partial charge in [-0.15, -0.1) is 0 Å². The standard InChI is InChI=1S/C14H22N2O3/c1-3-8-16(2)14(18)15-11-12-6-4-5-7-13(12)19-10-9-17/h4-7,17H,3,8-11H2,1-2H3,(H,15,18). The number of nitrogens with zero attached hydrogens (tertiary/aromatic N) is 1. The fourth-order valence-corrected chi connectivity index (χ4v) is 1.69. The van der Waals surface area contributed by atoms with Gasteiger partial charge in [0.1, 0.15) is 12.4 Å². The molecule has 0 aliphatic rings. The first-order chi connectivity index (χ1) is 9.19. The number of carbonyl (C=O) groups is 1. The van der Waals surface area contributed by atoms with E-state index in [1.807, 2.05) is 31.2 Å². The van der Waals surface area contributed by atoms with Crippen LogP contribution in [0.1, 0.15) is 18.9 Å². The zero-order valence-electron chi connectivity index (χ0n) is 11.6. The molecular formula is C14H22N2O3. The molecule has 0 aromatic heterocycles. The molecule has 0 aliphatic carbocycles. The summed E-state index contributed by atoms with van der Waals surface area (Å²) in [5.41, 5.74) is 0.897. The lowest BCUT2D eigenvalue weighted by molar-refractivity contribution is 0.199. The molecule has 0 saturated heterocycles. The number of ether oxygens (including phenoxy) is 1. The summed E-state index contributed by atoms with van der Waals surface area (Å²) in [6, 6.07) is 7.38. The highest BCUT2D eigenvalue weighted by atomic mass is 16.5. The Morgan fingerprint density at radius 1 is 1.42 bits per heavy atom. The number of hydrogen-bond donors (Lipinski definition) is 2. The second-order valence-electron chi connectivity index (χ2n) is 4.26. The van der Waals surface area contributed by atoms with Crippen molar-refractivity contribution in [3.05, 3.63) is 29.8 Å². The zero-order chi connectivity index (χ0) is 14.1. The van der Waals surface area contributed by atoms with Gasteiger partial charge in [-0.05, 0) is 12.5 Å². The van der Waals surface area contributed by atoms with Gasteiger partial charge in [-0.2, -0.15) is 0 Å². The number of aliphatic hydroxyl groups excluding tert-OH is 1. The van der Waals surface area contributed by atoms with Gasteiger partial charge in [0.05, 0.1) is 6.61 Å². The molecule has 0 radical (unpaired) electrons. The fraction of sp³-hybridized carbons (Fsp3) is 0.500. The van der Waals surface area contributed by atoms with E-state index in [-0.39, 0.29) is 19.2 Å². The van der Waals surface area contributed by atoms with Crippen LogP contribution in [0.2, 0.25) is 0 Å². The number of benzene rings is 1. The lowest BCUT2D eigenvalue weighted by Crippen LogP contribution is -2.37. The van der Waals surface area contributed by atoms with E-state index >= 15 is 0 Å². The minimum absolute atomic E-state index is 0.0278. The number of aliphatic hydroxyl groups is 1. The van der Waals surface area contributed by atoms with E-state index < -0.39 is 0 Å². The Morgan fingerprint density at radius 2 is 2.16 bits per heavy atom. The van der Waals surface area contributed by atoms with E-state index in [4.69, 9.17) is 9.84 Å². The van der Waals surface area contributed by atoms with Crippen molar-refractivity contribution in [1.82, 2.24) is 10.2 Å². The summed E-state index contributed by atoms with van der Waals surface area (Å²) in [7, 11) is 1.77. The number of nitrogens with one attached hydrogen (secondary N) is 1. The SMILES string of the molecule is CCCN(C)C(=O)NCc1ccccc1OCCO. The molecule has 2 N–H and O–H groups in total. The molecule has 0 unspecified atom stereocenters. The quantitative estimate of drug-likeness (QED) is 0.788. The van der Waals surface area contributed by atoms with Crippen molar-refractivity contribution in [2.75, 3.05) is 26.8 Å². The molecule has 1 aromatic carbocycles. The van der Waals surface area contributed by atoms with Gasteiger partial charge in [-0.3, -0.25) is 0 Å². The van der Waals surface area contributed by atoms with Crippen LogP contribution in [-0.4, -0.2) is 42.8 Å². The van der Waals surface area contributed by atoms with Crippen molar-refractivity contribution in [3.8, 4) is 5.75 Å². The summed E-state index contributed by atoms with van der Waals surface area (Å²) in [4.78, 5) is 13.4. The smallest absolute Gasteiger partial charge is 0.317 e. The number of carbonyl (C=O) groups excluding carboxylic acids is 1. The minimum Gasteiger partial charge on any atom is -0.491 e. The first-order valence-electron chi connectivity index (χ1n) is 6.49. The van der Waals surface area contributed by atoms with Crippen LogP contribution in [0.4, 0.5) is 4.79 Å². The van der Waals surface area contributed by atoms with Crippen LogP contribution in [0.3, 0.4) is 0 Å². The zero-order valence-corrected chi connectivity index (χ0v) is 11.6. The normalized spacial score (nSPS) is 10.1. The number of rotatable bonds is 7. The predicted molar refractivity (Wildman–Crippen MR) is 74.2 cm³/mol. The van der Waals surface area contributed by atoms with Gasteiger partial charge < -0.3 is 20.1 Å². The van der Waals surface area contributed by atoms with E-state index in [2.05, 4.69) is 5.32 Å². The number of hydrogen-bond acceptors (Lipinski definition) is 3. The number of amides is 2. The Morgan fingerprint density at radius 3 is 2.84 bits per heavy atom. The summed E-state index contributed by atoms with van der Waals surface area (Å²) in [5.74, 6) is 0.690. The van der Waals surface area contributed by atoms with Gasteiger partial charge in [-0.1, -0.05) is 25.1 Å². The molecule has 2 amide bonds. The molecule has 1 aromatic rings. The van der Waals surface area contributed by atoms with Gasteiger partial charge in [-0.25, -0.2) is 4.79 Å². The average Bonchev–Trinajstić information content (AvgIpc) is 2.43. The maximum atomic E-state index is 11.8. The highest BCUT2D eigenvalue weighted by molar-refractivity contribution is 5.73. The Kier molecular flexibility index (Phi) is 6.74. The van der Waals surface area contributed by atoms with Gasteiger partial charge in [0.25, 0.3) is 0 Å². The van der Waals surface area contributed by atoms with Crippen molar-refractivity contribution in [2.24, 2.45) is 0 Å². The lowest BCUT2D eigenvalue weighted by Gasteiger charge is -2.17. The summed E-state index contributed by atoms with van der Waals surface area (Å²) in [5, 5.41) is 11.6. The molecule has 0 heterocycles. The second kappa shape index (κ2) is 8.37. The number of urea groups is 1. The molecule has 0 saturated carbocycles. The first-order valence-corrected chi connectivity index (χ1v) is 6.49. The van der Waals surface area contributed by atoms with Crippen molar-refractivity contribution in [3.63, 3.8) is 0 Å². The van der Waals surface area contributed by atoms with Crippen molar-refractivity contribution in [1.29, 1.82) is 0 Å². The fourth-order valence-electron chi connectivity index (χ4n) is 1.69. The largest absolute Gasteiger partial charge is 0.491 e. The molecule has 106 valence electrons. The molecular weight excluding hydrogens is 244 g/mol. The van der Waals surface area contributed by atoms with Crippen LogP contribution in [-0.2, 0) is 6.54 Å². The van der Waals surface area contributed by atoms with E-state index in [1.54, 1.807) is 11.9 Å². The minimum atomic E-state index is -0.0983. The van der Waals surface area contributed by atoms with Crippen molar-refractivity contribution >= 4 is 6.03 Å². The van der Waals surface area contributed by atoms with Crippen LogP contribution < -0.4 is 10.1 Å². The van der Waals surface area contributed by atoms with Crippen molar-refractivity contribution in [2.45, 2.75) is 19.9 Å². The third-order valence-electron chi connectivity index (χ3n) is 2.66. The van der Waals surface area contributed by atoms with Gasteiger partial charge >= 0.3 is 6.03 Å². The van der Waals surface area contributed by atoms with Crippen LogP contribution in [0.15, 0.2) is 24.3 Å². The van der Waals surface area contributed by atoms with E-state index in [0.29, 0.717) is 12.3 Å². The molecule has 19 heavy (non-hydrogen) atoms. The highest BCUT2D eigenvalue weighted by Crippen LogP contribution is 2.17. The third-order valence-corrected chi connectivity index (χ3v) is 2.66. The molecule has 0 atom stereocenters. The average molecular weight is 266 g/mol. The monoisotopic (exact) mass is 266 g/mol. The Balaban J connectivity index is 2.54. The van der Waals surface area contributed by atoms with Gasteiger partial charge in [0, 0.05) is 25.7 Å². The lowest BCUT2D eigenvalue weighted by atomic mass is 10.2. The summed E-state index contributed by atoms with van der Waals surface area (Å²) >= 11 is 0. The van der Waals surface area contributed by atoms with E-state index in [0.717, 1.165) is 18.5 Å². The predicted octanol–water partition coefficient (Wildman–Crippen LogP) is 1.61. The first kappa shape index (κ1) is 15.3. The van der Waals surface area contributed by atoms with Crippen LogP contribution in [0.5, 0.6) is 5.75 Å². The van der Waals surface area contributed by atoms with Gasteiger partial charge in [0.2, 0.25) is 0 Å². The van der Waals surface area contributed by atoms with Crippen molar-refractivity contribution < 1.29 is 14.6 Å². The molecule has 5 nitrogen and oxygen atoms in total. The molecule has 0 fully saturated rings. The molecule has 5 heteroatoms. The maximum Gasteiger partial charge on any atom is 0.317 e. The highest BCUT2D eigenvalue weighted by Gasteiger charge is 2.08. The summed E-state index contributed by atoms with van der Waals surface area (Å²) < 4.78 is 5.41. The van der Waals surface area contributed by atoms with Gasteiger partial charge in [0.15, 0.2) is 0 Å². The molecule has 0 bridgehead atoms. The Bertz CT molecular complexity index is 396. The summed E-state index contributed by atoms with van der Waals surface area (Å²) in [6.07, 6.45) is 0.931. The van der Waals surface area contributed by atoms with Crippen LogP contribution in [0.25, 0.3) is 0 Å². The van der Waals surface area contributed by atoms with E-state index in [1.165, 1.54) is 0 Å². The molecule has 0 spiro atoms. The summed E-state index contributed by atoms with van der Waals surface area (Å²) in [6.45, 7) is 3.39. The molecule has 1 rings (SSSR count). The maximum absolute atomic E-state index is 11.8. The Labute approximate surface area is 114 Å². The van der Waals surface area contributed by atoms with Crippen LogP contribution in [0, 0.1) is 0 Å².